The molecule has 0 bridgehead atoms. The van der Waals surface area contributed by atoms with Gasteiger partial charge in [-0.05, 0) is 42.8 Å². The number of nitrogens with zero attached hydrogens (tertiary/aromatic N) is 2. The van der Waals surface area contributed by atoms with E-state index in [2.05, 4.69) is 21.2 Å². The molecule has 0 aliphatic rings. The van der Waals surface area contributed by atoms with Crippen molar-refractivity contribution in [3.63, 3.8) is 0 Å². The molecule has 0 aromatic heterocycles. The average Bonchev–Trinajstić information content (AvgIpc) is 2.86. The number of rotatable bonds is 11. The lowest BCUT2D eigenvalue weighted by Gasteiger charge is -2.33. The lowest BCUT2D eigenvalue weighted by molar-refractivity contribution is -0.140. The molecular weight excluding hydrogens is 561 g/mol. The molecule has 0 spiro atoms. The molecule has 0 radical (unpaired) electrons. The van der Waals surface area contributed by atoms with E-state index in [4.69, 9.17) is 0 Å². The zero-order valence-electron chi connectivity index (χ0n) is 20.6. The fraction of sp³-hybridized carbons (Fsp3) is 0.259. The second kappa shape index (κ2) is 12.8. The number of likely N-dealkylation sites (N-methyl/N-ethyl adjacent to an activating group) is 1. The van der Waals surface area contributed by atoms with E-state index < -0.39 is 40.2 Å². The molecule has 0 saturated carbocycles. The number of hydrogen-bond donors (Lipinski definition) is 1. The van der Waals surface area contributed by atoms with Crippen molar-refractivity contribution in [1.29, 1.82) is 0 Å². The van der Waals surface area contributed by atoms with E-state index in [9.17, 15) is 22.4 Å². The van der Waals surface area contributed by atoms with Crippen LogP contribution >= 0.6 is 15.9 Å². The van der Waals surface area contributed by atoms with Gasteiger partial charge in [-0.25, -0.2) is 12.8 Å². The van der Waals surface area contributed by atoms with Gasteiger partial charge in [0, 0.05) is 29.5 Å². The molecule has 0 fully saturated rings. The van der Waals surface area contributed by atoms with Gasteiger partial charge in [-0.1, -0.05) is 64.5 Å². The van der Waals surface area contributed by atoms with Crippen LogP contribution in [0.3, 0.4) is 0 Å². The number of nitrogens with one attached hydrogen (secondary N) is 1. The third kappa shape index (κ3) is 7.87. The van der Waals surface area contributed by atoms with Gasteiger partial charge in [0.15, 0.2) is 0 Å². The molecule has 0 aliphatic carbocycles. The molecule has 0 aliphatic heterocycles. The molecule has 1 N–H and O–H groups in total. The van der Waals surface area contributed by atoms with Gasteiger partial charge in [0.2, 0.25) is 21.8 Å². The van der Waals surface area contributed by atoms with Crippen molar-refractivity contribution in [2.24, 2.45) is 0 Å². The van der Waals surface area contributed by atoms with E-state index in [1.165, 1.54) is 23.1 Å². The smallest absolute Gasteiger partial charge is 0.244 e. The first-order valence-electron chi connectivity index (χ1n) is 11.7. The molecule has 1 atom stereocenters. The lowest BCUT2D eigenvalue weighted by atomic mass is 10.0. The first-order valence-corrected chi connectivity index (χ1v) is 14.3. The summed E-state index contributed by atoms with van der Waals surface area (Å²) in [6.45, 7) is 1.33. The molecule has 37 heavy (non-hydrogen) atoms. The third-order valence-corrected chi connectivity index (χ3v) is 7.38. The Morgan fingerprint density at radius 1 is 0.973 bits per heavy atom. The molecule has 3 aromatic rings. The standard InChI is InChI=1S/C27H29BrFN3O4S/c1-3-30-27(34)25(17-20-9-5-4-6-10-20)31(18-21-11-7-8-12-24(21)29)26(33)19-32(37(2,35)36)23-15-13-22(28)14-16-23/h4-16,25H,3,17-19H2,1-2H3,(H,30,34)/t25-/m0/s1. The second-order valence-corrected chi connectivity index (χ2v) is 11.3. The third-order valence-electron chi connectivity index (χ3n) is 5.71. The quantitative estimate of drug-likeness (QED) is 0.364. The van der Waals surface area contributed by atoms with E-state index in [0.29, 0.717) is 12.2 Å². The Morgan fingerprint density at radius 2 is 1.59 bits per heavy atom. The Labute approximate surface area is 225 Å². The molecule has 3 rings (SSSR count). The summed E-state index contributed by atoms with van der Waals surface area (Å²) in [4.78, 5) is 28.3. The van der Waals surface area contributed by atoms with Crippen molar-refractivity contribution < 1.29 is 22.4 Å². The number of halogens is 2. The average molecular weight is 591 g/mol. The molecule has 2 amide bonds. The van der Waals surface area contributed by atoms with Gasteiger partial charge in [0.25, 0.3) is 0 Å². The number of hydrogen-bond acceptors (Lipinski definition) is 4. The zero-order valence-corrected chi connectivity index (χ0v) is 23.0. The maximum Gasteiger partial charge on any atom is 0.244 e. The van der Waals surface area contributed by atoms with Crippen molar-refractivity contribution in [3.05, 3.63) is 100 Å². The number of benzene rings is 3. The van der Waals surface area contributed by atoms with Crippen molar-refractivity contribution in [1.82, 2.24) is 10.2 Å². The SMILES string of the molecule is CCNC(=O)[C@H](Cc1ccccc1)N(Cc1ccccc1F)C(=O)CN(c1ccc(Br)cc1)S(C)(=O)=O. The van der Waals surface area contributed by atoms with Gasteiger partial charge >= 0.3 is 0 Å². The maximum absolute atomic E-state index is 14.7. The van der Waals surface area contributed by atoms with E-state index >= 15 is 0 Å². The Balaban J connectivity index is 2.04. The zero-order chi connectivity index (χ0) is 27.0. The van der Waals surface area contributed by atoms with Crippen molar-refractivity contribution in [2.45, 2.75) is 25.9 Å². The van der Waals surface area contributed by atoms with Crippen LogP contribution in [0, 0.1) is 5.82 Å². The summed E-state index contributed by atoms with van der Waals surface area (Å²) in [5, 5.41) is 2.76. The minimum absolute atomic E-state index is 0.171. The van der Waals surface area contributed by atoms with Crippen LogP contribution in [0.1, 0.15) is 18.1 Å². The van der Waals surface area contributed by atoms with Crippen LogP contribution < -0.4 is 9.62 Å². The normalized spacial score (nSPS) is 12.0. The highest BCUT2D eigenvalue weighted by atomic mass is 79.9. The summed E-state index contributed by atoms with van der Waals surface area (Å²) in [5.41, 5.74) is 1.31. The molecule has 10 heteroatoms. The molecule has 196 valence electrons. The largest absolute Gasteiger partial charge is 0.355 e. The Kier molecular flexibility index (Phi) is 9.82. The highest BCUT2D eigenvalue weighted by molar-refractivity contribution is 9.10. The van der Waals surface area contributed by atoms with Crippen LogP contribution in [0.15, 0.2) is 83.3 Å². The van der Waals surface area contributed by atoms with Crippen molar-refractivity contribution in [2.75, 3.05) is 23.7 Å². The van der Waals surface area contributed by atoms with Crippen LogP contribution in [-0.2, 0) is 32.6 Å². The van der Waals surface area contributed by atoms with Crippen LogP contribution in [0.25, 0.3) is 0 Å². The van der Waals surface area contributed by atoms with Gasteiger partial charge in [0.05, 0.1) is 11.9 Å². The van der Waals surface area contributed by atoms with E-state index in [1.807, 2.05) is 30.3 Å². The highest BCUT2D eigenvalue weighted by Gasteiger charge is 2.33. The second-order valence-electron chi connectivity index (χ2n) is 8.46. The Morgan fingerprint density at radius 3 is 2.19 bits per heavy atom. The highest BCUT2D eigenvalue weighted by Crippen LogP contribution is 2.23. The first-order chi connectivity index (χ1) is 17.6. The van der Waals surface area contributed by atoms with Crippen LogP contribution in [0.5, 0.6) is 0 Å². The number of carbonyl (C=O) groups excluding carboxylic acids is 2. The monoisotopic (exact) mass is 589 g/mol. The van der Waals surface area contributed by atoms with Gasteiger partial charge in [-0.2, -0.15) is 0 Å². The fourth-order valence-corrected chi connectivity index (χ4v) is 4.99. The van der Waals surface area contributed by atoms with E-state index in [1.54, 1.807) is 37.3 Å². The molecule has 0 unspecified atom stereocenters. The van der Waals surface area contributed by atoms with Gasteiger partial charge in [-0.3, -0.25) is 13.9 Å². The molecule has 0 saturated heterocycles. The topological polar surface area (TPSA) is 86.8 Å². The summed E-state index contributed by atoms with van der Waals surface area (Å²) in [7, 11) is -3.86. The Hall–Kier alpha value is -3.24. The molecule has 3 aromatic carbocycles. The first kappa shape index (κ1) is 28.3. The summed E-state index contributed by atoms with van der Waals surface area (Å²) in [6, 6.07) is 20.6. The summed E-state index contributed by atoms with van der Waals surface area (Å²) < 4.78 is 41.8. The van der Waals surface area contributed by atoms with Gasteiger partial charge in [-0.15, -0.1) is 0 Å². The number of sulfonamides is 1. The predicted molar refractivity (Wildman–Crippen MR) is 146 cm³/mol. The molecular formula is C27H29BrFN3O4S. The van der Waals surface area contributed by atoms with E-state index in [0.717, 1.165) is 20.6 Å². The van der Waals surface area contributed by atoms with Crippen LogP contribution in [0.4, 0.5) is 10.1 Å². The predicted octanol–water partition coefficient (Wildman–Crippen LogP) is 4.13. The van der Waals surface area contributed by atoms with Gasteiger partial charge in [0.1, 0.15) is 18.4 Å². The number of carbonyl (C=O) groups is 2. The minimum Gasteiger partial charge on any atom is -0.355 e. The van der Waals surface area contributed by atoms with Gasteiger partial charge < -0.3 is 10.2 Å². The van der Waals surface area contributed by atoms with Crippen LogP contribution in [0.2, 0.25) is 0 Å². The summed E-state index contributed by atoms with van der Waals surface area (Å²) in [6.07, 6.45) is 1.18. The van der Waals surface area contributed by atoms with Crippen LogP contribution in [-0.4, -0.2) is 50.5 Å². The number of anilines is 1. The van der Waals surface area contributed by atoms with Crippen molar-refractivity contribution in [3.8, 4) is 0 Å². The lowest BCUT2D eigenvalue weighted by Crippen LogP contribution is -2.53. The molecule has 7 nitrogen and oxygen atoms in total. The fourth-order valence-electron chi connectivity index (χ4n) is 3.88. The maximum atomic E-state index is 14.7. The van der Waals surface area contributed by atoms with E-state index in [-0.39, 0.29) is 18.5 Å². The molecule has 0 heterocycles. The minimum atomic E-state index is -3.86. The summed E-state index contributed by atoms with van der Waals surface area (Å²) in [5.74, 6) is -1.57. The number of amides is 2. The van der Waals surface area contributed by atoms with Crippen molar-refractivity contribution >= 4 is 43.5 Å². The Bertz CT molecular complexity index is 1320. The summed E-state index contributed by atoms with van der Waals surface area (Å²) >= 11 is 3.32.